The number of aliphatic carboxylic acids is 1. The van der Waals surface area contributed by atoms with E-state index in [1.807, 2.05) is 13.0 Å². The molecule has 5 nitrogen and oxygen atoms in total. The molecule has 0 bridgehead atoms. The molecule has 32 heavy (non-hydrogen) atoms. The number of alkyl halides is 3. The highest BCUT2D eigenvalue weighted by molar-refractivity contribution is 5.70. The molecule has 1 aromatic carbocycles. The Labute approximate surface area is 188 Å². The summed E-state index contributed by atoms with van der Waals surface area (Å²) in [5.74, 6) is -2.95. The fraction of sp³-hybridized carbons (Fsp3) is 0.696. The maximum absolute atomic E-state index is 13.6. The number of hydrogen-bond donors (Lipinski definition) is 0. The molecule has 186 valence electrons. The van der Waals surface area contributed by atoms with Crippen molar-refractivity contribution in [3.63, 3.8) is 0 Å². The van der Waals surface area contributed by atoms with Gasteiger partial charge in [0.1, 0.15) is 5.97 Å². The number of carbonyl (C=O) groups is 1. The quantitative estimate of drug-likeness (QED) is 0.298. The molecule has 0 amide bonds. The SMILES string of the molecule is CCC(C)N(CC)CCCCOCCCCOc1ccc(C)cc1F.O=C([O-])C(F)(F)F. The molecule has 1 rings (SSSR count). The van der Waals surface area contributed by atoms with Crippen LogP contribution < -0.4 is 9.84 Å². The summed E-state index contributed by atoms with van der Waals surface area (Å²) < 4.78 is 56.3. The van der Waals surface area contributed by atoms with Gasteiger partial charge in [0.15, 0.2) is 11.6 Å². The lowest BCUT2D eigenvalue weighted by Gasteiger charge is -2.26. The van der Waals surface area contributed by atoms with Crippen LogP contribution in [0.25, 0.3) is 0 Å². The second-order valence-electron chi connectivity index (χ2n) is 7.48. The molecule has 0 aliphatic carbocycles. The van der Waals surface area contributed by atoms with Gasteiger partial charge in [-0.2, -0.15) is 13.2 Å². The molecule has 0 radical (unpaired) electrons. The van der Waals surface area contributed by atoms with Crippen LogP contribution in [0.2, 0.25) is 0 Å². The molecular formula is C23H36F4NO4-. The largest absolute Gasteiger partial charge is 0.542 e. The van der Waals surface area contributed by atoms with Crippen LogP contribution in [-0.4, -0.2) is 56.0 Å². The summed E-state index contributed by atoms with van der Waals surface area (Å²) in [7, 11) is 0. The normalized spacial score (nSPS) is 12.3. The van der Waals surface area contributed by atoms with Gasteiger partial charge in [0, 0.05) is 19.3 Å². The van der Waals surface area contributed by atoms with Gasteiger partial charge in [-0.1, -0.05) is 19.9 Å². The maximum Gasteiger partial charge on any atom is 0.430 e. The lowest BCUT2D eigenvalue weighted by molar-refractivity contribution is -0.344. The molecule has 1 atom stereocenters. The highest BCUT2D eigenvalue weighted by Crippen LogP contribution is 2.18. The number of aryl methyl sites for hydroxylation is 1. The number of rotatable bonds is 14. The second-order valence-corrected chi connectivity index (χ2v) is 7.48. The molecule has 0 aromatic heterocycles. The van der Waals surface area contributed by atoms with Gasteiger partial charge in [-0.05, 0) is 76.7 Å². The van der Waals surface area contributed by atoms with Crippen molar-refractivity contribution in [2.45, 2.75) is 72.0 Å². The van der Waals surface area contributed by atoms with E-state index in [4.69, 9.17) is 19.4 Å². The van der Waals surface area contributed by atoms with E-state index in [0.29, 0.717) is 18.4 Å². The van der Waals surface area contributed by atoms with Crippen molar-refractivity contribution < 1.29 is 36.9 Å². The summed E-state index contributed by atoms with van der Waals surface area (Å²) in [6, 6.07) is 5.73. The number of hydrogen-bond acceptors (Lipinski definition) is 5. The molecule has 0 spiro atoms. The van der Waals surface area contributed by atoms with E-state index in [1.165, 1.54) is 18.9 Å². The van der Waals surface area contributed by atoms with Crippen LogP contribution in [0.15, 0.2) is 18.2 Å². The molecule has 0 heterocycles. The zero-order chi connectivity index (χ0) is 24.6. The Morgan fingerprint density at radius 2 is 1.66 bits per heavy atom. The van der Waals surface area contributed by atoms with Crippen LogP contribution in [0.1, 0.15) is 58.4 Å². The number of nitrogens with zero attached hydrogens (tertiary/aromatic N) is 1. The third kappa shape index (κ3) is 14.2. The van der Waals surface area contributed by atoms with Gasteiger partial charge in [-0.25, -0.2) is 4.39 Å². The van der Waals surface area contributed by atoms with Crippen molar-refractivity contribution in [2.75, 3.05) is 32.9 Å². The number of carboxylic acids is 1. The van der Waals surface area contributed by atoms with E-state index in [0.717, 1.165) is 51.1 Å². The van der Waals surface area contributed by atoms with Crippen LogP contribution in [0.4, 0.5) is 17.6 Å². The monoisotopic (exact) mass is 466 g/mol. The summed E-state index contributed by atoms with van der Waals surface area (Å²) in [4.78, 5) is 11.3. The first-order valence-corrected chi connectivity index (χ1v) is 11.0. The molecule has 9 heteroatoms. The van der Waals surface area contributed by atoms with Gasteiger partial charge < -0.3 is 24.3 Å². The third-order valence-electron chi connectivity index (χ3n) is 4.86. The van der Waals surface area contributed by atoms with Gasteiger partial charge >= 0.3 is 6.18 Å². The van der Waals surface area contributed by atoms with E-state index in [9.17, 15) is 17.6 Å². The van der Waals surface area contributed by atoms with Crippen LogP contribution >= 0.6 is 0 Å². The lowest BCUT2D eigenvalue weighted by atomic mass is 10.2. The van der Waals surface area contributed by atoms with Crippen molar-refractivity contribution in [3.05, 3.63) is 29.6 Å². The topological polar surface area (TPSA) is 61.8 Å². The van der Waals surface area contributed by atoms with Gasteiger partial charge in [0.25, 0.3) is 0 Å². The molecule has 0 aliphatic rings. The summed E-state index contributed by atoms with van der Waals surface area (Å²) >= 11 is 0. The average molecular weight is 467 g/mol. The van der Waals surface area contributed by atoms with E-state index < -0.39 is 12.1 Å². The number of ether oxygens (including phenoxy) is 2. The third-order valence-corrected chi connectivity index (χ3v) is 4.86. The predicted octanol–water partition coefficient (Wildman–Crippen LogP) is 4.51. The Kier molecular flexibility index (Phi) is 15.7. The first-order valence-electron chi connectivity index (χ1n) is 11.0. The zero-order valence-corrected chi connectivity index (χ0v) is 19.5. The number of unbranched alkanes of at least 4 members (excludes halogenated alkanes) is 2. The minimum Gasteiger partial charge on any atom is -0.542 e. The number of benzene rings is 1. The first-order chi connectivity index (χ1) is 15.0. The van der Waals surface area contributed by atoms with Gasteiger partial charge in [0.05, 0.1) is 6.61 Å². The van der Waals surface area contributed by atoms with Gasteiger partial charge in [0.2, 0.25) is 0 Å². The smallest absolute Gasteiger partial charge is 0.430 e. The minimum absolute atomic E-state index is 0.283. The van der Waals surface area contributed by atoms with E-state index in [-0.39, 0.29) is 5.82 Å². The van der Waals surface area contributed by atoms with E-state index in [2.05, 4.69) is 25.7 Å². The Bertz CT molecular complexity index is 641. The molecule has 0 aliphatic heterocycles. The lowest BCUT2D eigenvalue weighted by Crippen LogP contribution is -2.37. The fourth-order valence-corrected chi connectivity index (χ4v) is 2.78. The molecule has 0 saturated heterocycles. The molecule has 1 unspecified atom stereocenters. The summed E-state index contributed by atoms with van der Waals surface area (Å²) in [6.07, 6.45) is 0.136. The second kappa shape index (κ2) is 16.7. The molecule has 0 fully saturated rings. The molecule has 0 N–H and O–H groups in total. The van der Waals surface area contributed by atoms with Crippen LogP contribution in [-0.2, 0) is 9.53 Å². The predicted molar refractivity (Wildman–Crippen MR) is 114 cm³/mol. The Balaban J connectivity index is 0.00000118. The molecule has 1 aromatic rings. The maximum atomic E-state index is 13.6. The van der Waals surface area contributed by atoms with E-state index in [1.54, 1.807) is 6.07 Å². The summed E-state index contributed by atoms with van der Waals surface area (Å²) in [5, 5.41) is 8.78. The standard InChI is InChI=1S/C21H36FNO2.C2HF3O2/c1-5-19(4)23(6-2)13-7-8-14-24-15-9-10-16-25-21-12-11-18(3)17-20(21)22;3-2(4,5)1(6)7/h11-12,17,19H,5-10,13-16H2,1-4H3;(H,6,7)/p-1. The zero-order valence-electron chi connectivity index (χ0n) is 19.5. The Morgan fingerprint density at radius 3 is 2.16 bits per heavy atom. The van der Waals surface area contributed by atoms with E-state index >= 15 is 0 Å². The number of halogens is 4. The van der Waals surface area contributed by atoms with Crippen molar-refractivity contribution >= 4 is 5.97 Å². The first kappa shape index (κ1) is 30.1. The van der Waals surface area contributed by atoms with Crippen LogP contribution in [0, 0.1) is 12.7 Å². The molecule has 0 saturated carbocycles. The minimum atomic E-state index is -5.19. The summed E-state index contributed by atoms with van der Waals surface area (Å²) in [5.41, 5.74) is 0.907. The van der Waals surface area contributed by atoms with Crippen molar-refractivity contribution in [3.8, 4) is 5.75 Å². The molecular weight excluding hydrogens is 430 g/mol. The van der Waals surface area contributed by atoms with Crippen molar-refractivity contribution in [1.82, 2.24) is 4.90 Å². The van der Waals surface area contributed by atoms with Gasteiger partial charge in [-0.3, -0.25) is 0 Å². The fourth-order valence-electron chi connectivity index (χ4n) is 2.78. The van der Waals surface area contributed by atoms with Crippen molar-refractivity contribution in [1.29, 1.82) is 0 Å². The Hall–Kier alpha value is -1.87. The summed E-state index contributed by atoms with van der Waals surface area (Å²) in [6.45, 7) is 13.0. The number of carboxylic acid groups (broad SMARTS) is 1. The average Bonchev–Trinajstić information content (AvgIpc) is 2.72. The Morgan fingerprint density at radius 1 is 1.09 bits per heavy atom. The van der Waals surface area contributed by atoms with Gasteiger partial charge in [-0.15, -0.1) is 0 Å². The van der Waals surface area contributed by atoms with Crippen molar-refractivity contribution in [2.24, 2.45) is 0 Å². The van der Waals surface area contributed by atoms with Crippen LogP contribution in [0.3, 0.4) is 0 Å². The highest BCUT2D eigenvalue weighted by atomic mass is 19.4. The van der Waals surface area contributed by atoms with Crippen LogP contribution in [0.5, 0.6) is 5.75 Å². The highest BCUT2D eigenvalue weighted by Gasteiger charge is 2.28. The number of carbonyl (C=O) groups excluding carboxylic acids is 1.